The summed E-state index contributed by atoms with van der Waals surface area (Å²) in [6.07, 6.45) is 0.596. The zero-order valence-corrected chi connectivity index (χ0v) is 12.6. The van der Waals surface area contributed by atoms with E-state index in [1.807, 2.05) is 24.3 Å². The van der Waals surface area contributed by atoms with E-state index < -0.39 is 10.0 Å². The van der Waals surface area contributed by atoms with E-state index in [9.17, 15) is 8.42 Å². The average Bonchev–Trinajstić information content (AvgIpc) is 2.78. The predicted molar refractivity (Wildman–Crippen MR) is 75.7 cm³/mol. The maximum absolute atomic E-state index is 12.4. The van der Waals surface area contributed by atoms with Crippen LogP contribution >= 0.6 is 0 Å². The van der Waals surface area contributed by atoms with Gasteiger partial charge < -0.3 is 9.26 Å². The molecule has 1 aromatic heterocycles. The normalized spacial score (nSPS) is 18.1. The maximum Gasteiger partial charge on any atom is 0.246 e. The number of benzene rings is 1. The Hall–Kier alpha value is -1.86. The SMILES string of the molecule is Cc1noc(C)c1S(=O)(=O)NC1COc2ccccc2C1. The van der Waals surface area contributed by atoms with Crippen LogP contribution in [0.5, 0.6) is 5.75 Å². The highest BCUT2D eigenvalue weighted by Gasteiger charge is 2.29. The van der Waals surface area contributed by atoms with Crippen molar-refractivity contribution < 1.29 is 17.7 Å². The number of hydrogen-bond donors (Lipinski definition) is 1. The van der Waals surface area contributed by atoms with Crippen LogP contribution in [0, 0.1) is 13.8 Å². The van der Waals surface area contributed by atoms with Gasteiger partial charge in [0.2, 0.25) is 10.0 Å². The molecule has 1 aliphatic rings. The molecule has 6 nitrogen and oxygen atoms in total. The third kappa shape index (κ3) is 2.66. The molecule has 1 atom stereocenters. The molecule has 2 heterocycles. The molecule has 0 radical (unpaired) electrons. The zero-order chi connectivity index (χ0) is 15.0. The Labute approximate surface area is 123 Å². The monoisotopic (exact) mass is 308 g/mol. The molecule has 0 saturated heterocycles. The third-order valence-corrected chi connectivity index (χ3v) is 5.20. The van der Waals surface area contributed by atoms with Crippen molar-refractivity contribution in [3.8, 4) is 5.75 Å². The number of nitrogens with zero attached hydrogens (tertiary/aromatic N) is 1. The Morgan fingerprint density at radius 2 is 2.05 bits per heavy atom. The van der Waals surface area contributed by atoms with E-state index in [4.69, 9.17) is 9.26 Å². The van der Waals surface area contributed by atoms with Gasteiger partial charge in [0.1, 0.15) is 22.9 Å². The highest BCUT2D eigenvalue weighted by molar-refractivity contribution is 7.89. The molecular weight excluding hydrogens is 292 g/mol. The summed E-state index contributed by atoms with van der Waals surface area (Å²) < 4.78 is 38.1. The van der Waals surface area contributed by atoms with E-state index in [2.05, 4.69) is 9.88 Å². The number of ether oxygens (including phenoxy) is 1. The molecule has 2 aromatic rings. The van der Waals surface area contributed by atoms with Crippen LogP contribution < -0.4 is 9.46 Å². The summed E-state index contributed by atoms with van der Waals surface area (Å²) in [5.74, 6) is 1.10. The standard InChI is InChI=1S/C14H16N2O4S/c1-9-14(10(2)20-15-9)21(17,18)16-12-7-11-5-3-4-6-13(11)19-8-12/h3-6,12,16H,7-8H2,1-2H3. The molecule has 1 N–H and O–H groups in total. The molecule has 0 aliphatic carbocycles. The molecule has 0 saturated carbocycles. The molecule has 3 rings (SSSR count). The average molecular weight is 308 g/mol. The van der Waals surface area contributed by atoms with E-state index in [0.717, 1.165) is 11.3 Å². The lowest BCUT2D eigenvalue weighted by Crippen LogP contribution is -2.42. The number of nitrogens with one attached hydrogen (secondary N) is 1. The minimum atomic E-state index is -3.67. The fraction of sp³-hybridized carbons (Fsp3) is 0.357. The van der Waals surface area contributed by atoms with E-state index >= 15 is 0 Å². The van der Waals surface area contributed by atoms with Gasteiger partial charge in [-0.05, 0) is 31.9 Å². The van der Waals surface area contributed by atoms with Crippen LogP contribution in [0.4, 0.5) is 0 Å². The topological polar surface area (TPSA) is 81.4 Å². The number of rotatable bonds is 3. The molecule has 0 amide bonds. The van der Waals surface area contributed by atoms with Gasteiger partial charge in [-0.3, -0.25) is 0 Å². The second-order valence-electron chi connectivity index (χ2n) is 5.09. The molecule has 1 unspecified atom stereocenters. The molecule has 7 heteroatoms. The fourth-order valence-corrected chi connectivity index (χ4v) is 4.09. The van der Waals surface area contributed by atoms with E-state index in [0.29, 0.717) is 18.7 Å². The Bertz CT molecular complexity index is 748. The number of sulfonamides is 1. The predicted octanol–water partition coefficient (Wildman–Crippen LogP) is 1.57. The number of hydrogen-bond acceptors (Lipinski definition) is 5. The van der Waals surface area contributed by atoms with E-state index in [1.54, 1.807) is 13.8 Å². The first kappa shape index (κ1) is 14.1. The second-order valence-corrected chi connectivity index (χ2v) is 6.75. The summed E-state index contributed by atoms with van der Waals surface area (Å²) in [7, 11) is -3.67. The lowest BCUT2D eigenvalue weighted by Gasteiger charge is -2.25. The van der Waals surface area contributed by atoms with Gasteiger partial charge in [-0.1, -0.05) is 23.4 Å². The van der Waals surface area contributed by atoms with E-state index in [-0.39, 0.29) is 16.7 Å². The van der Waals surface area contributed by atoms with Gasteiger partial charge in [-0.15, -0.1) is 0 Å². The van der Waals surface area contributed by atoms with Crippen LogP contribution in [0.3, 0.4) is 0 Å². The first-order valence-electron chi connectivity index (χ1n) is 6.63. The number of aryl methyl sites for hydroxylation is 2. The Morgan fingerprint density at radius 3 is 2.76 bits per heavy atom. The Morgan fingerprint density at radius 1 is 1.29 bits per heavy atom. The highest BCUT2D eigenvalue weighted by atomic mass is 32.2. The smallest absolute Gasteiger partial charge is 0.246 e. The molecule has 1 aliphatic heterocycles. The molecule has 0 bridgehead atoms. The minimum absolute atomic E-state index is 0.112. The molecule has 112 valence electrons. The first-order valence-corrected chi connectivity index (χ1v) is 8.11. The van der Waals surface area contributed by atoms with Crippen LogP contribution in [0.15, 0.2) is 33.7 Å². The zero-order valence-electron chi connectivity index (χ0n) is 11.8. The summed E-state index contributed by atoms with van der Waals surface area (Å²) in [6, 6.07) is 7.32. The van der Waals surface area contributed by atoms with Gasteiger partial charge in [0.15, 0.2) is 5.76 Å². The molecular formula is C14H16N2O4S. The largest absolute Gasteiger partial charge is 0.492 e. The number of aromatic nitrogens is 1. The van der Waals surface area contributed by atoms with Crippen LogP contribution in [0.2, 0.25) is 0 Å². The lowest BCUT2D eigenvalue weighted by atomic mass is 10.0. The van der Waals surface area contributed by atoms with Crippen molar-refractivity contribution in [2.45, 2.75) is 31.2 Å². The van der Waals surface area contributed by atoms with Crippen molar-refractivity contribution in [2.24, 2.45) is 0 Å². The molecule has 0 fully saturated rings. The van der Waals surface area contributed by atoms with Crippen molar-refractivity contribution in [1.29, 1.82) is 0 Å². The molecule has 21 heavy (non-hydrogen) atoms. The van der Waals surface area contributed by atoms with Crippen molar-refractivity contribution in [2.75, 3.05) is 6.61 Å². The van der Waals surface area contributed by atoms with Gasteiger partial charge in [0.05, 0.1) is 6.04 Å². The molecule has 0 spiro atoms. The van der Waals surface area contributed by atoms with Crippen molar-refractivity contribution in [3.05, 3.63) is 41.3 Å². The van der Waals surface area contributed by atoms with Crippen molar-refractivity contribution >= 4 is 10.0 Å². The van der Waals surface area contributed by atoms with Crippen LogP contribution in [-0.4, -0.2) is 26.2 Å². The van der Waals surface area contributed by atoms with Crippen LogP contribution in [-0.2, 0) is 16.4 Å². The first-order chi connectivity index (χ1) is 9.97. The van der Waals surface area contributed by atoms with Crippen LogP contribution in [0.1, 0.15) is 17.0 Å². The van der Waals surface area contributed by atoms with E-state index in [1.165, 1.54) is 0 Å². The van der Waals surface area contributed by atoms with Crippen molar-refractivity contribution in [1.82, 2.24) is 9.88 Å². The number of fused-ring (bicyclic) bond motifs is 1. The van der Waals surface area contributed by atoms with Gasteiger partial charge in [0.25, 0.3) is 0 Å². The summed E-state index contributed by atoms with van der Waals surface area (Å²) in [5, 5.41) is 3.69. The molecule has 1 aromatic carbocycles. The summed E-state index contributed by atoms with van der Waals surface area (Å²) in [6.45, 7) is 3.50. The third-order valence-electron chi connectivity index (χ3n) is 3.44. The summed E-state index contributed by atoms with van der Waals surface area (Å²) in [4.78, 5) is 0.112. The van der Waals surface area contributed by atoms with Gasteiger partial charge in [-0.2, -0.15) is 0 Å². The Balaban J connectivity index is 1.82. The summed E-state index contributed by atoms with van der Waals surface area (Å²) in [5.41, 5.74) is 1.35. The highest BCUT2D eigenvalue weighted by Crippen LogP contribution is 2.25. The van der Waals surface area contributed by atoms with Gasteiger partial charge in [-0.25, -0.2) is 13.1 Å². The van der Waals surface area contributed by atoms with Crippen LogP contribution in [0.25, 0.3) is 0 Å². The maximum atomic E-state index is 12.4. The van der Waals surface area contributed by atoms with Gasteiger partial charge in [0, 0.05) is 0 Å². The number of para-hydroxylation sites is 1. The second kappa shape index (κ2) is 5.16. The lowest BCUT2D eigenvalue weighted by molar-refractivity contribution is 0.254. The van der Waals surface area contributed by atoms with Gasteiger partial charge >= 0.3 is 0 Å². The quantitative estimate of drug-likeness (QED) is 0.931. The van der Waals surface area contributed by atoms with Crippen molar-refractivity contribution in [3.63, 3.8) is 0 Å². The summed E-state index contributed by atoms with van der Waals surface area (Å²) >= 11 is 0. The Kier molecular flexibility index (Phi) is 3.46. The minimum Gasteiger partial charge on any atom is -0.492 e. The fourth-order valence-electron chi connectivity index (χ4n) is 2.54.